The van der Waals surface area contributed by atoms with E-state index in [0.29, 0.717) is 11.5 Å². The molecule has 1 unspecified atom stereocenters. The van der Waals surface area contributed by atoms with Crippen molar-refractivity contribution in [2.75, 3.05) is 23.3 Å². The molecule has 0 radical (unpaired) electrons. The molecule has 3 rings (SSSR count). The summed E-state index contributed by atoms with van der Waals surface area (Å²) in [6.07, 6.45) is 4.11. The number of benzene rings is 1. The first-order valence-corrected chi connectivity index (χ1v) is 7.72. The van der Waals surface area contributed by atoms with Gasteiger partial charge in [0.05, 0.1) is 11.4 Å². The Bertz CT molecular complexity index is 714. The van der Waals surface area contributed by atoms with Crippen LogP contribution in [-0.2, 0) is 0 Å². The van der Waals surface area contributed by atoms with E-state index in [-0.39, 0.29) is 5.82 Å². The smallest absolute Gasteiger partial charge is 0.216 e. The predicted molar refractivity (Wildman–Crippen MR) is 88.4 cm³/mol. The van der Waals surface area contributed by atoms with E-state index in [9.17, 15) is 5.26 Å². The van der Waals surface area contributed by atoms with Gasteiger partial charge in [-0.3, -0.25) is 0 Å². The summed E-state index contributed by atoms with van der Waals surface area (Å²) in [5, 5.41) is 26.0. The molecule has 0 saturated carbocycles. The van der Waals surface area contributed by atoms with E-state index in [4.69, 9.17) is 0 Å². The van der Waals surface area contributed by atoms with Crippen molar-refractivity contribution >= 4 is 16.9 Å². The van der Waals surface area contributed by atoms with Gasteiger partial charge in [0, 0.05) is 19.3 Å². The van der Waals surface area contributed by atoms with Gasteiger partial charge in [-0.25, -0.2) is 0 Å². The van der Waals surface area contributed by atoms with Crippen LogP contribution in [0.25, 0.3) is 5.57 Å². The maximum Gasteiger partial charge on any atom is 0.216 e. The second-order valence-corrected chi connectivity index (χ2v) is 5.76. The van der Waals surface area contributed by atoms with E-state index >= 15 is 0 Å². The average Bonchev–Trinajstić information content (AvgIpc) is 3.10. The molecule has 1 atom stereocenters. The third-order valence-electron chi connectivity index (χ3n) is 3.98. The summed E-state index contributed by atoms with van der Waals surface area (Å²) in [6.45, 7) is 4.40. The molecular weight excluding hydrogens is 290 g/mol. The fourth-order valence-corrected chi connectivity index (χ4v) is 2.85. The maximum atomic E-state index is 9.24. The zero-order valence-corrected chi connectivity index (χ0v) is 13.0. The summed E-state index contributed by atoms with van der Waals surface area (Å²) in [4.78, 5) is 2.39. The molecule has 0 bridgehead atoms. The Labute approximate surface area is 135 Å². The number of aromatic nitrogens is 4. The molecule has 2 heterocycles. The van der Waals surface area contributed by atoms with Crippen LogP contribution in [0.3, 0.4) is 0 Å². The lowest BCUT2D eigenvalue weighted by atomic mass is 9.99. The number of nitriles is 1. The lowest BCUT2D eigenvalue weighted by Gasteiger charge is -2.34. The second-order valence-electron chi connectivity index (χ2n) is 5.76. The highest BCUT2D eigenvalue weighted by atomic mass is 15.5. The van der Waals surface area contributed by atoms with E-state index in [1.165, 1.54) is 12.8 Å². The number of rotatable bonds is 4. The molecule has 1 aliphatic heterocycles. The number of nitrogens with zero attached hydrogens (tertiary/aromatic N) is 5. The quantitative estimate of drug-likeness (QED) is 0.842. The minimum absolute atomic E-state index is 0.282. The number of hydrogen-bond donors (Lipinski definition) is 2. The van der Waals surface area contributed by atoms with Gasteiger partial charge in [0.15, 0.2) is 0 Å². The van der Waals surface area contributed by atoms with E-state index in [1.54, 1.807) is 6.20 Å². The van der Waals surface area contributed by atoms with E-state index in [2.05, 4.69) is 49.9 Å². The van der Waals surface area contributed by atoms with Gasteiger partial charge in [0.1, 0.15) is 11.6 Å². The Morgan fingerprint density at radius 1 is 1.48 bits per heavy atom. The summed E-state index contributed by atoms with van der Waals surface area (Å²) >= 11 is 0. The van der Waals surface area contributed by atoms with Crippen molar-refractivity contribution in [1.29, 1.82) is 5.26 Å². The zero-order valence-electron chi connectivity index (χ0n) is 13.0. The molecular formula is C16H19N7. The van der Waals surface area contributed by atoms with Crippen molar-refractivity contribution in [1.82, 2.24) is 20.6 Å². The fraction of sp³-hybridized carbons (Fsp3) is 0.375. The number of H-pyrrole nitrogens is 1. The van der Waals surface area contributed by atoms with Crippen LogP contribution in [0.15, 0.2) is 30.5 Å². The maximum absolute atomic E-state index is 9.24. The van der Waals surface area contributed by atoms with Gasteiger partial charge in [-0.05, 0) is 36.1 Å². The normalized spacial score (nSPS) is 18.5. The minimum Gasteiger partial charge on any atom is -0.370 e. The van der Waals surface area contributed by atoms with Crippen LogP contribution in [-0.4, -0.2) is 33.7 Å². The SMILES string of the molecule is CC1CCCN(c2ccccc2NC=C(C#N)c2nn[nH]n2)C1. The topological polar surface area (TPSA) is 93.5 Å². The summed E-state index contributed by atoms with van der Waals surface area (Å²) in [5.41, 5.74) is 2.46. The molecule has 7 nitrogen and oxygen atoms in total. The number of hydrogen-bond acceptors (Lipinski definition) is 6. The van der Waals surface area contributed by atoms with Crippen LogP contribution >= 0.6 is 0 Å². The number of para-hydroxylation sites is 2. The average molecular weight is 309 g/mol. The molecule has 0 spiro atoms. The number of anilines is 2. The Kier molecular flexibility index (Phi) is 4.52. The molecule has 2 aromatic rings. The number of nitrogens with one attached hydrogen (secondary N) is 2. The number of tetrazole rings is 1. The molecule has 23 heavy (non-hydrogen) atoms. The van der Waals surface area contributed by atoms with Gasteiger partial charge in [0.2, 0.25) is 5.82 Å². The Morgan fingerprint density at radius 3 is 3.09 bits per heavy atom. The zero-order chi connectivity index (χ0) is 16.1. The first-order valence-electron chi connectivity index (χ1n) is 7.72. The van der Waals surface area contributed by atoms with Crippen LogP contribution in [0.5, 0.6) is 0 Å². The van der Waals surface area contributed by atoms with Gasteiger partial charge in [-0.2, -0.15) is 10.5 Å². The Hall–Kier alpha value is -2.88. The molecule has 1 fully saturated rings. The molecule has 0 amide bonds. The Morgan fingerprint density at radius 2 is 2.35 bits per heavy atom. The van der Waals surface area contributed by atoms with Gasteiger partial charge in [-0.1, -0.05) is 19.1 Å². The monoisotopic (exact) mass is 309 g/mol. The van der Waals surface area contributed by atoms with Crippen LogP contribution in [0.4, 0.5) is 11.4 Å². The molecule has 1 aromatic carbocycles. The summed E-state index contributed by atoms with van der Waals surface area (Å²) in [6, 6.07) is 10.2. The van der Waals surface area contributed by atoms with Gasteiger partial charge >= 0.3 is 0 Å². The standard InChI is InChI=1S/C16H19N7/c1-12-5-4-8-23(11-12)15-7-3-2-6-14(15)18-10-13(9-17)16-19-21-22-20-16/h2-3,6-7,10,12,18H,4-5,8,11H2,1H3,(H,19,20,21,22). The first kappa shape index (κ1) is 15.0. The van der Waals surface area contributed by atoms with Gasteiger partial charge in [0.25, 0.3) is 0 Å². The number of allylic oxidation sites excluding steroid dienone is 1. The number of piperidine rings is 1. The van der Waals surface area contributed by atoms with Gasteiger partial charge in [-0.15, -0.1) is 10.2 Å². The number of aromatic amines is 1. The van der Waals surface area contributed by atoms with Crippen molar-refractivity contribution in [3.63, 3.8) is 0 Å². The van der Waals surface area contributed by atoms with Crippen molar-refractivity contribution in [3.8, 4) is 6.07 Å². The first-order chi connectivity index (χ1) is 11.3. The van der Waals surface area contributed by atoms with Crippen molar-refractivity contribution < 1.29 is 0 Å². The van der Waals surface area contributed by atoms with Crippen LogP contribution in [0.1, 0.15) is 25.6 Å². The van der Waals surface area contributed by atoms with Crippen molar-refractivity contribution in [2.45, 2.75) is 19.8 Å². The molecule has 0 aliphatic carbocycles. The van der Waals surface area contributed by atoms with Crippen molar-refractivity contribution in [3.05, 3.63) is 36.3 Å². The molecule has 1 aromatic heterocycles. The lowest BCUT2D eigenvalue weighted by molar-refractivity contribution is 0.447. The highest BCUT2D eigenvalue weighted by molar-refractivity contribution is 5.77. The highest BCUT2D eigenvalue weighted by Gasteiger charge is 2.18. The second kappa shape index (κ2) is 6.92. The molecule has 2 N–H and O–H groups in total. The highest BCUT2D eigenvalue weighted by Crippen LogP contribution is 2.30. The molecule has 1 saturated heterocycles. The van der Waals surface area contributed by atoms with E-state index < -0.39 is 0 Å². The van der Waals surface area contributed by atoms with Crippen LogP contribution < -0.4 is 10.2 Å². The molecule has 1 aliphatic rings. The molecule has 7 heteroatoms. The third-order valence-corrected chi connectivity index (χ3v) is 3.98. The van der Waals surface area contributed by atoms with Crippen LogP contribution in [0, 0.1) is 17.2 Å². The Balaban J connectivity index is 1.82. The summed E-state index contributed by atoms with van der Waals surface area (Å²) in [5.74, 6) is 0.977. The lowest BCUT2D eigenvalue weighted by Crippen LogP contribution is -2.34. The summed E-state index contributed by atoms with van der Waals surface area (Å²) in [7, 11) is 0. The molecule has 118 valence electrons. The predicted octanol–water partition coefficient (Wildman–Crippen LogP) is 2.41. The third kappa shape index (κ3) is 3.48. The minimum atomic E-state index is 0.282. The van der Waals surface area contributed by atoms with E-state index in [1.807, 2.05) is 18.2 Å². The largest absolute Gasteiger partial charge is 0.370 e. The van der Waals surface area contributed by atoms with Crippen molar-refractivity contribution in [2.24, 2.45) is 5.92 Å². The van der Waals surface area contributed by atoms with Crippen LogP contribution in [0.2, 0.25) is 0 Å². The van der Waals surface area contributed by atoms with E-state index in [0.717, 1.165) is 24.5 Å². The summed E-state index contributed by atoms with van der Waals surface area (Å²) < 4.78 is 0. The van der Waals surface area contributed by atoms with Gasteiger partial charge < -0.3 is 10.2 Å². The fourth-order valence-electron chi connectivity index (χ4n) is 2.85.